The van der Waals surface area contributed by atoms with Crippen molar-refractivity contribution in [3.8, 4) is 0 Å². The molecule has 0 spiro atoms. The van der Waals surface area contributed by atoms with Crippen LogP contribution in [0.2, 0.25) is 0 Å². The Kier molecular flexibility index (Phi) is 5.15. The molecule has 1 fully saturated rings. The third-order valence-corrected chi connectivity index (χ3v) is 8.29. The standard InChI is InChI=1S/C22H25NO5S2/c1-15-7-9-17(10-8-15)30(25,26)23-12-16-13-29-14-22(16,20(24)28-21(2,3)4)19(23)18-6-5-11-27-18/h5-11,13,19H,12,14H2,1-4H3/t19-,22-/m0/s1. The normalized spacial score (nSPS) is 24.5. The first-order valence-corrected chi connectivity index (χ1v) is 12.2. The molecule has 2 aliphatic heterocycles. The molecule has 160 valence electrons. The van der Waals surface area contributed by atoms with Gasteiger partial charge in [-0.15, -0.1) is 11.8 Å². The molecule has 2 atom stereocenters. The topological polar surface area (TPSA) is 76.8 Å². The predicted molar refractivity (Wildman–Crippen MR) is 115 cm³/mol. The summed E-state index contributed by atoms with van der Waals surface area (Å²) in [4.78, 5) is 13.7. The first kappa shape index (κ1) is 21.2. The van der Waals surface area contributed by atoms with E-state index in [0.717, 1.165) is 11.1 Å². The summed E-state index contributed by atoms with van der Waals surface area (Å²) in [5.41, 5.74) is -0.0904. The third kappa shape index (κ3) is 3.40. The number of hydrogen-bond acceptors (Lipinski definition) is 6. The minimum atomic E-state index is -3.87. The fourth-order valence-corrected chi connectivity index (χ4v) is 6.90. The van der Waals surface area contributed by atoms with Gasteiger partial charge >= 0.3 is 5.97 Å². The number of aryl methyl sites for hydroxylation is 1. The van der Waals surface area contributed by atoms with Gasteiger partial charge in [0.25, 0.3) is 0 Å². The van der Waals surface area contributed by atoms with Crippen LogP contribution in [-0.4, -0.2) is 36.6 Å². The molecule has 0 bridgehead atoms. The largest absolute Gasteiger partial charge is 0.468 e. The number of rotatable bonds is 4. The van der Waals surface area contributed by atoms with E-state index in [4.69, 9.17) is 9.15 Å². The van der Waals surface area contributed by atoms with E-state index in [1.807, 2.05) is 33.1 Å². The molecular formula is C22H25NO5S2. The molecule has 0 amide bonds. The van der Waals surface area contributed by atoms with Crippen LogP contribution in [0, 0.1) is 12.3 Å². The number of ether oxygens (including phenoxy) is 1. The average Bonchev–Trinajstić information content (AvgIpc) is 3.36. The quantitative estimate of drug-likeness (QED) is 0.651. The van der Waals surface area contributed by atoms with Gasteiger partial charge in [0, 0.05) is 12.3 Å². The lowest BCUT2D eigenvalue weighted by atomic mass is 9.78. The number of hydrogen-bond donors (Lipinski definition) is 0. The van der Waals surface area contributed by atoms with Gasteiger partial charge in [-0.05, 0) is 62.9 Å². The molecule has 1 saturated heterocycles. The Morgan fingerprint density at radius 3 is 2.53 bits per heavy atom. The lowest BCUT2D eigenvalue weighted by Crippen LogP contribution is -2.44. The number of carbonyl (C=O) groups is 1. The van der Waals surface area contributed by atoms with Gasteiger partial charge in [0.05, 0.1) is 11.2 Å². The monoisotopic (exact) mass is 447 g/mol. The highest BCUT2D eigenvalue weighted by atomic mass is 32.2. The van der Waals surface area contributed by atoms with Gasteiger partial charge in [0.15, 0.2) is 0 Å². The zero-order chi connectivity index (χ0) is 21.7. The average molecular weight is 448 g/mol. The highest BCUT2D eigenvalue weighted by Gasteiger charge is 2.63. The highest BCUT2D eigenvalue weighted by Crippen LogP contribution is 2.58. The van der Waals surface area contributed by atoms with Crippen molar-refractivity contribution in [1.82, 2.24) is 4.31 Å². The van der Waals surface area contributed by atoms with Gasteiger partial charge in [-0.25, -0.2) is 8.42 Å². The molecule has 4 rings (SSSR count). The van der Waals surface area contributed by atoms with Crippen LogP contribution in [0.4, 0.5) is 0 Å². The molecule has 8 heteroatoms. The van der Waals surface area contributed by atoms with Crippen LogP contribution in [-0.2, 0) is 19.6 Å². The van der Waals surface area contributed by atoms with Gasteiger partial charge in [-0.3, -0.25) is 4.79 Å². The van der Waals surface area contributed by atoms with Crippen LogP contribution >= 0.6 is 11.8 Å². The molecule has 0 aliphatic carbocycles. The number of esters is 1. The summed E-state index contributed by atoms with van der Waals surface area (Å²) in [6.45, 7) is 7.45. The Hall–Kier alpha value is -2.03. The van der Waals surface area contributed by atoms with E-state index in [2.05, 4.69) is 0 Å². The summed E-state index contributed by atoms with van der Waals surface area (Å²) >= 11 is 1.50. The molecule has 0 saturated carbocycles. The van der Waals surface area contributed by atoms with Crippen LogP contribution in [0.15, 0.2) is 63.0 Å². The van der Waals surface area contributed by atoms with Crippen molar-refractivity contribution in [3.05, 3.63) is 65.0 Å². The molecule has 1 aromatic carbocycles. The molecule has 30 heavy (non-hydrogen) atoms. The molecule has 3 heterocycles. The SMILES string of the molecule is Cc1ccc(S(=O)(=O)N2CC3=CSC[C@@]3(C(=O)OC(C)(C)C)[C@@H]2c2ccco2)cc1. The number of nitrogens with zero attached hydrogens (tertiary/aromatic N) is 1. The van der Waals surface area contributed by atoms with Gasteiger partial charge in [-0.1, -0.05) is 17.7 Å². The summed E-state index contributed by atoms with van der Waals surface area (Å²) < 4.78 is 40.1. The van der Waals surface area contributed by atoms with Crippen molar-refractivity contribution in [2.75, 3.05) is 12.3 Å². The smallest absolute Gasteiger partial charge is 0.319 e. The maximum atomic E-state index is 13.6. The molecule has 0 radical (unpaired) electrons. The van der Waals surface area contributed by atoms with Crippen molar-refractivity contribution in [3.63, 3.8) is 0 Å². The Morgan fingerprint density at radius 2 is 1.93 bits per heavy atom. The van der Waals surface area contributed by atoms with Gasteiger partial charge in [0.1, 0.15) is 22.8 Å². The van der Waals surface area contributed by atoms with Gasteiger partial charge in [-0.2, -0.15) is 4.31 Å². The van der Waals surface area contributed by atoms with Gasteiger partial charge < -0.3 is 9.15 Å². The second-order valence-electron chi connectivity index (χ2n) is 8.71. The first-order chi connectivity index (χ1) is 14.1. The lowest BCUT2D eigenvalue weighted by Gasteiger charge is -2.35. The summed E-state index contributed by atoms with van der Waals surface area (Å²) in [5, 5.41) is 1.89. The molecule has 2 aliphatic rings. The number of sulfonamides is 1. The van der Waals surface area contributed by atoms with Crippen LogP contribution < -0.4 is 0 Å². The predicted octanol–water partition coefficient (Wildman–Crippen LogP) is 4.29. The number of thioether (sulfide) groups is 1. The Labute approximate surface area is 181 Å². The maximum Gasteiger partial charge on any atom is 0.319 e. The molecule has 0 N–H and O–H groups in total. The lowest BCUT2D eigenvalue weighted by molar-refractivity contribution is -0.165. The summed E-state index contributed by atoms with van der Waals surface area (Å²) in [7, 11) is -3.87. The summed E-state index contributed by atoms with van der Waals surface area (Å²) in [6.07, 6.45) is 1.50. The minimum absolute atomic E-state index is 0.119. The number of benzene rings is 1. The Bertz CT molecular complexity index is 1080. The zero-order valence-electron chi connectivity index (χ0n) is 17.4. The fourth-order valence-electron chi connectivity index (χ4n) is 3.98. The molecular weight excluding hydrogens is 422 g/mol. The maximum absolute atomic E-state index is 13.6. The second kappa shape index (κ2) is 7.28. The summed E-state index contributed by atoms with van der Waals surface area (Å²) in [5.74, 6) is 0.416. The number of fused-ring (bicyclic) bond motifs is 1. The number of carbonyl (C=O) groups excluding carboxylic acids is 1. The third-order valence-electron chi connectivity index (χ3n) is 5.39. The van der Waals surface area contributed by atoms with Crippen LogP contribution in [0.1, 0.15) is 38.1 Å². The summed E-state index contributed by atoms with van der Waals surface area (Å²) in [6, 6.07) is 9.35. The van der Waals surface area contributed by atoms with Crippen molar-refractivity contribution in [2.45, 2.75) is 44.2 Å². The van der Waals surface area contributed by atoms with E-state index < -0.39 is 33.1 Å². The molecule has 1 aromatic heterocycles. The molecule has 6 nitrogen and oxygen atoms in total. The van der Waals surface area contributed by atoms with E-state index in [1.54, 1.807) is 36.4 Å². The number of furan rings is 1. The van der Waals surface area contributed by atoms with E-state index >= 15 is 0 Å². The van der Waals surface area contributed by atoms with Crippen LogP contribution in [0.3, 0.4) is 0 Å². The molecule has 0 unspecified atom stereocenters. The van der Waals surface area contributed by atoms with Crippen molar-refractivity contribution >= 4 is 27.8 Å². The fraction of sp³-hybridized carbons (Fsp3) is 0.409. The van der Waals surface area contributed by atoms with Crippen LogP contribution in [0.25, 0.3) is 0 Å². The highest BCUT2D eigenvalue weighted by molar-refractivity contribution is 8.02. The van der Waals surface area contributed by atoms with E-state index in [1.165, 1.54) is 22.3 Å². The van der Waals surface area contributed by atoms with E-state index in [9.17, 15) is 13.2 Å². The zero-order valence-corrected chi connectivity index (χ0v) is 19.0. The van der Waals surface area contributed by atoms with Crippen LogP contribution in [0.5, 0.6) is 0 Å². The van der Waals surface area contributed by atoms with Crippen molar-refractivity contribution in [1.29, 1.82) is 0 Å². The Balaban J connectivity index is 1.85. The molecule has 2 aromatic rings. The van der Waals surface area contributed by atoms with E-state index in [-0.39, 0.29) is 11.4 Å². The Morgan fingerprint density at radius 1 is 1.23 bits per heavy atom. The first-order valence-electron chi connectivity index (χ1n) is 9.72. The van der Waals surface area contributed by atoms with Gasteiger partial charge in [0.2, 0.25) is 10.0 Å². The van der Waals surface area contributed by atoms with Crippen molar-refractivity contribution < 1.29 is 22.4 Å². The van der Waals surface area contributed by atoms with E-state index in [0.29, 0.717) is 11.5 Å². The second-order valence-corrected chi connectivity index (χ2v) is 11.5. The minimum Gasteiger partial charge on any atom is -0.468 e. The van der Waals surface area contributed by atoms with Crippen molar-refractivity contribution in [2.24, 2.45) is 5.41 Å².